The third-order valence-electron chi connectivity index (χ3n) is 3.08. The van der Waals surface area contributed by atoms with Crippen molar-refractivity contribution < 1.29 is 8.42 Å². The zero-order chi connectivity index (χ0) is 14.8. The summed E-state index contributed by atoms with van der Waals surface area (Å²) in [5, 5.41) is 0.506. The van der Waals surface area contributed by atoms with Gasteiger partial charge in [-0.2, -0.15) is 0 Å². The minimum absolute atomic E-state index is 0.127. The van der Waals surface area contributed by atoms with Gasteiger partial charge in [-0.15, -0.1) is 0 Å². The van der Waals surface area contributed by atoms with Crippen LogP contribution >= 0.6 is 11.6 Å². The van der Waals surface area contributed by atoms with Gasteiger partial charge in [0.25, 0.3) is 0 Å². The molecule has 0 aliphatic rings. The van der Waals surface area contributed by atoms with Crippen molar-refractivity contribution in [1.29, 1.82) is 0 Å². The van der Waals surface area contributed by atoms with Crippen molar-refractivity contribution in [3.63, 3.8) is 0 Å². The highest BCUT2D eigenvalue weighted by Gasteiger charge is 2.19. The lowest BCUT2D eigenvalue weighted by Crippen LogP contribution is -2.21. The van der Waals surface area contributed by atoms with Crippen molar-refractivity contribution in [2.24, 2.45) is 5.73 Å². The van der Waals surface area contributed by atoms with E-state index in [1.54, 1.807) is 12.1 Å². The van der Waals surface area contributed by atoms with E-state index in [2.05, 4.69) is 0 Å². The van der Waals surface area contributed by atoms with Gasteiger partial charge in [-0.05, 0) is 36.8 Å². The second-order valence-electron chi connectivity index (χ2n) is 4.75. The molecule has 2 N–H and O–H groups in total. The summed E-state index contributed by atoms with van der Waals surface area (Å²) in [6.45, 7) is 1.97. The molecule has 106 valence electrons. The first-order valence-electron chi connectivity index (χ1n) is 6.19. The molecule has 1 atom stereocenters. The Labute approximate surface area is 124 Å². The Morgan fingerprint density at radius 3 is 2.15 bits per heavy atom. The van der Waals surface area contributed by atoms with Gasteiger partial charge in [0, 0.05) is 11.1 Å². The van der Waals surface area contributed by atoms with Crippen LogP contribution in [0.4, 0.5) is 0 Å². The number of nitrogens with two attached hydrogens (primary N) is 1. The second kappa shape index (κ2) is 5.95. The van der Waals surface area contributed by atoms with E-state index in [0.29, 0.717) is 5.02 Å². The van der Waals surface area contributed by atoms with Gasteiger partial charge in [-0.1, -0.05) is 41.4 Å². The van der Waals surface area contributed by atoms with Crippen molar-refractivity contribution in [1.82, 2.24) is 0 Å². The van der Waals surface area contributed by atoms with Crippen molar-refractivity contribution in [2.45, 2.75) is 17.9 Å². The normalized spacial score (nSPS) is 13.2. The number of benzene rings is 2. The molecule has 0 aliphatic heterocycles. The fourth-order valence-corrected chi connectivity index (χ4v) is 3.42. The van der Waals surface area contributed by atoms with Crippen LogP contribution in [0.3, 0.4) is 0 Å². The molecule has 2 rings (SSSR count). The van der Waals surface area contributed by atoms with Crippen LogP contribution in [0, 0.1) is 6.92 Å². The standard InChI is InChI=1S/C15H16ClNO2S/c1-11-2-4-12(5-3-11)15(17)10-20(18,19)14-8-6-13(16)7-9-14/h2-9,15H,10,17H2,1H3. The van der Waals surface area contributed by atoms with Crippen LogP contribution < -0.4 is 5.73 Å². The van der Waals surface area contributed by atoms with E-state index in [-0.39, 0.29) is 10.6 Å². The molecule has 0 aliphatic carbocycles. The first-order valence-corrected chi connectivity index (χ1v) is 8.22. The average molecular weight is 310 g/mol. The fraction of sp³-hybridized carbons (Fsp3) is 0.200. The maximum atomic E-state index is 12.3. The minimum atomic E-state index is -3.42. The summed E-state index contributed by atoms with van der Waals surface area (Å²) >= 11 is 5.76. The van der Waals surface area contributed by atoms with Gasteiger partial charge >= 0.3 is 0 Å². The van der Waals surface area contributed by atoms with Gasteiger partial charge < -0.3 is 5.73 Å². The average Bonchev–Trinajstić information content (AvgIpc) is 2.39. The molecule has 0 saturated heterocycles. The van der Waals surface area contributed by atoms with Crippen LogP contribution in [0.2, 0.25) is 5.02 Å². The molecule has 5 heteroatoms. The molecular weight excluding hydrogens is 294 g/mol. The van der Waals surface area contributed by atoms with Crippen LogP contribution in [0.25, 0.3) is 0 Å². The van der Waals surface area contributed by atoms with Crippen LogP contribution in [0.15, 0.2) is 53.4 Å². The van der Waals surface area contributed by atoms with Gasteiger partial charge in [0.2, 0.25) is 0 Å². The number of hydrogen-bond donors (Lipinski definition) is 1. The first kappa shape index (κ1) is 15.0. The summed E-state index contributed by atoms with van der Waals surface area (Å²) < 4.78 is 24.5. The smallest absolute Gasteiger partial charge is 0.180 e. The van der Waals surface area contributed by atoms with Crippen LogP contribution in [0.5, 0.6) is 0 Å². The molecule has 0 radical (unpaired) electrons. The maximum Gasteiger partial charge on any atom is 0.180 e. The highest BCUT2D eigenvalue weighted by Crippen LogP contribution is 2.20. The van der Waals surface area contributed by atoms with Gasteiger partial charge in [0.15, 0.2) is 9.84 Å². The summed E-state index contributed by atoms with van der Waals surface area (Å²) in [7, 11) is -3.42. The van der Waals surface area contributed by atoms with Crippen molar-refractivity contribution >= 4 is 21.4 Å². The predicted octanol–water partition coefficient (Wildman–Crippen LogP) is 3.12. The molecule has 3 nitrogen and oxygen atoms in total. The van der Waals surface area contributed by atoms with E-state index < -0.39 is 15.9 Å². The Bertz CT molecular complexity index is 679. The monoisotopic (exact) mass is 309 g/mol. The largest absolute Gasteiger partial charge is 0.323 e. The molecule has 0 aromatic heterocycles. The number of aryl methyl sites for hydroxylation is 1. The van der Waals surface area contributed by atoms with Crippen LogP contribution in [0.1, 0.15) is 17.2 Å². The molecule has 0 bridgehead atoms. The predicted molar refractivity (Wildman–Crippen MR) is 81.6 cm³/mol. The molecule has 20 heavy (non-hydrogen) atoms. The van der Waals surface area contributed by atoms with Crippen molar-refractivity contribution in [3.8, 4) is 0 Å². The molecule has 0 saturated carbocycles. The molecule has 0 spiro atoms. The van der Waals surface area contributed by atoms with Crippen molar-refractivity contribution in [3.05, 3.63) is 64.7 Å². The van der Waals surface area contributed by atoms with Crippen LogP contribution in [-0.2, 0) is 9.84 Å². The summed E-state index contributed by atoms with van der Waals surface area (Å²) in [5.74, 6) is -0.127. The van der Waals surface area contributed by atoms with E-state index >= 15 is 0 Å². The number of rotatable bonds is 4. The van der Waals surface area contributed by atoms with Crippen LogP contribution in [-0.4, -0.2) is 14.2 Å². The van der Waals surface area contributed by atoms with E-state index in [1.165, 1.54) is 12.1 Å². The third kappa shape index (κ3) is 3.60. The molecule has 0 heterocycles. The SMILES string of the molecule is Cc1ccc(C(N)CS(=O)(=O)c2ccc(Cl)cc2)cc1. The zero-order valence-corrected chi connectivity index (χ0v) is 12.7. The van der Waals surface area contributed by atoms with Crippen molar-refractivity contribution in [2.75, 3.05) is 5.75 Å². The van der Waals surface area contributed by atoms with Gasteiger partial charge in [0.05, 0.1) is 10.6 Å². The maximum absolute atomic E-state index is 12.3. The lowest BCUT2D eigenvalue weighted by atomic mass is 10.1. The quantitative estimate of drug-likeness (QED) is 0.944. The molecule has 2 aromatic carbocycles. The topological polar surface area (TPSA) is 60.2 Å². The molecule has 2 aromatic rings. The van der Waals surface area contributed by atoms with Gasteiger partial charge in [-0.3, -0.25) is 0 Å². The summed E-state index contributed by atoms with van der Waals surface area (Å²) in [6.07, 6.45) is 0. The van der Waals surface area contributed by atoms with E-state index in [0.717, 1.165) is 11.1 Å². The Balaban J connectivity index is 2.19. The molecule has 0 amide bonds. The van der Waals surface area contributed by atoms with E-state index in [1.807, 2.05) is 31.2 Å². The van der Waals surface area contributed by atoms with Gasteiger partial charge in [0.1, 0.15) is 0 Å². The molecule has 1 unspecified atom stereocenters. The number of hydrogen-bond acceptors (Lipinski definition) is 3. The third-order valence-corrected chi connectivity index (χ3v) is 5.12. The lowest BCUT2D eigenvalue weighted by molar-refractivity contribution is 0.589. The Morgan fingerprint density at radius 1 is 1.05 bits per heavy atom. The van der Waals surface area contributed by atoms with Gasteiger partial charge in [-0.25, -0.2) is 8.42 Å². The highest BCUT2D eigenvalue weighted by atomic mass is 35.5. The number of halogens is 1. The Morgan fingerprint density at radius 2 is 1.60 bits per heavy atom. The summed E-state index contributed by atoms with van der Waals surface area (Å²) in [6, 6.07) is 13.1. The molecule has 0 fully saturated rings. The lowest BCUT2D eigenvalue weighted by Gasteiger charge is -2.13. The van der Waals surface area contributed by atoms with E-state index in [9.17, 15) is 8.42 Å². The molecular formula is C15H16ClNO2S. The Kier molecular flexibility index (Phi) is 4.48. The number of sulfone groups is 1. The fourth-order valence-electron chi connectivity index (χ4n) is 1.88. The summed E-state index contributed by atoms with van der Waals surface area (Å²) in [5.41, 5.74) is 7.92. The minimum Gasteiger partial charge on any atom is -0.323 e. The highest BCUT2D eigenvalue weighted by molar-refractivity contribution is 7.91. The van der Waals surface area contributed by atoms with E-state index in [4.69, 9.17) is 17.3 Å². The first-order chi connectivity index (χ1) is 9.38. The Hall–Kier alpha value is -1.36. The second-order valence-corrected chi connectivity index (χ2v) is 7.22. The summed E-state index contributed by atoms with van der Waals surface area (Å²) in [4.78, 5) is 0.240. The zero-order valence-electron chi connectivity index (χ0n) is 11.1.